The molecule has 1 aromatic heterocycles. The smallest absolute Gasteiger partial charge is 0.329 e. The predicted molar refractivity (Wildman–Crippen MR) is 142 cm³/mol. The second-order valence-corrected chi connectivity index (χ2v) is 10.1. The molecule has 37 heavy (non-hydrogen) atoms. The molecule has 0 aliphatic rings. The summed E-state index contributed by atoms with van der Waals surface area (Å²) in [6, 6.07) is 13.5. The number of hydrogen-bond acceptors (Lipinski definition) is 6. The lowest BCUT2D eigenvalue weighted by molar-refractivity contribution is -0.164. The van der Waals surface area contributed by atoms with Crippen LogP contribution in [0.2, 0.25) is 5.15 Å². The third kappa shape index (κ3) is 8.03. The first-order valence-electron chi connectivity index (χ1n) is 11.6. The fourth-order valence-electron chi connectivity index (χ4n) is 3.63. The summed E-state index contributed by atoms with van der Waals surface area (Å²) >= 11 is 11.8. The van der Waals surface area contributed by atoms with Gasteiger partial charge >= 0.3 is 5.97 Å². The van der Waals surface area contributed by atoms with Gasteiger partial charge in [0.25, 0.3) is 0 Å². The van der Waals surface area contributed by atoms with Gasteiger partial charge in [0.15, 0.2) is 5.15 Å². The molecule has 0 saturated heterocycles. The third-order valence-electron chi connectivity index (χ3n) is 5.21. The molecule has 9 nitrogen and oxygen atoms in total. The van der Waals surface area contributed by atoms with Crippen molar-refractivity contribution in [2.75, 3.05) is 17.7 Å². The van der Waals surface area contributed by atoms with Crippen molar-refractivity contribution in [3.05, 3.63) is 71.0 Å². The van der Waals surface area contributed by atoms with Crippen molar-refractivity contribution in [2.24, 2.45) is 0 Å². The molecule has 0 unspecified atom stereocenters. The van der Waals surface area contributed by atoms with Crippen LogP contribution in [-0.4, -0.2) is 61.7 Å². The fourth-order valence-corrected chi connectivity index (χ4v) is 3.91. The highest BCUT2D eigenvalue weighted by atomic mass is 35.5. The van der Waals surface area contributed by atoms with Crippen molar-refractivity contribution in [1.29, 1.82) is 0 Å². The van der Waals surface area contributed by atoms with Crippen molar-refractivity contribution in [3.63, 3.8) is 0 Å². The number of nitrogens with one attached hydrogen (secondary N) is 1. The van der Waals surface area contributed by atoms with E-state index in [1.54, 1.807) is 32.9 Å². The number of aromatic nitrogens is 3. The molecule has 1 N–H and O–H groups in total. The minimum atomic E-state index is -1.07. The first-order chi connectivity index (χ1) is 17.5. The summed E-state index contributed by atoms with van der Waals surface area (Å²) in [6.07, 6.45) is 1.66. The summed E-state index contributed by atoms with van der Waals surface area (Å²) in [4.78, 5) is 40.5. The van der Waals surface area contributed by atoms with Crippen LogP contribution in [0.25, 0.3) is 5.69 Å². The Morgan fingerprint density at radius 1 is 1.14 bits per heavy atom. The van der Waals surface area contributed by atoms with Gasteiger partial charge in [-0.3, -0.25) is 9.59 Å². The summed E-state index contributed by atoms with van der Waals surface area (Å²) in [6.45, 7) is 6.66. The number of halogens is 2. The van der Waals surface area contributed by atoms with Gasteiger partial charge in [0, 0.05) is 6.42 Å². The normalized spacial score (nSPS) is 12.1. The standard InChI is InChI=1S/C26H29Cl2N5O4/c1-17-10-11-20(33-15-22(28)30-31-33)19(12-17)29-23(34)16-32(24(35)14-27)21(25(36)37-26(2,3)4)13-18-8-6-5-7-9-18/h5-12,15,21H,13-14,16H2,1-4H3,(H,29,34)/t21-/m0/s1. The summed E-state index contributed by atoms with van der Waals surface area (Å²) < 4.78 is 7.03. The summed E-state index contributed by atoms with van der Waals surface area (Å²) in [5.74, 6) is -2.14. The number of alkyl halides is 1. The molecule has 196 valence electrons. The number of hydrogen-bond donors (Lipinski definition) is 1. The molecular weight excluding hydrogens is 517 g/mol. The molecule has 3 rings (SSSR count). The predicted octanol–water partition coefficient (Wildman–Crippen LogP) is 4.19. The van der Waals surface area contributed by atoms with E-state index in [4.69, 9.17) is 27.9 Å². The van der Waals surface area contributed by atoms with Gasteiger partial charge in [0.05, 0.1) is 17.6 Å². The van der Waals surface area contributed by atoms with E-state index in [2.05, 4.69) is 15.6 Å². The van der Waals surface area contributed by atoms with Crippen molar-refractivity contribution in [2.45, 2.75) is 45.8 Å². The van der Waals surface area contributed by atoms with E-state index < -0.39 is 41.9 Å². The summed E-state index contributed by atoms with van der Waals surface area (Å²) in [7, 11) is 0. The number of carbonyl (C=O) groups excluding carboxylic acids is 3. The molecule has 0 fully saturated rings. The van der Waals surface area contributed by atoms with Gasteiger partial charge in [-0.1, -0.05) is 53.2 Å². The minimum Gasteiger partial charge on any atom is -0.458 e. The molecule has 1 heterocycles. The SMILES string of the molecule is Cc1ccc(-n2cc(Cl)nn2)c(NC(=O)CN(C(=O)CCl)[C@@H](Cc2ccccc2)C(=O)OC(C)(C)C)c1. The van der Waals surface area contributed by atoms with Crippen molar-refractivity contribution in [3.8, 4) is 5.69 Å². The fraction of sp³-hybridized carbons (Fsp3) is 0.346. The van der Waals surface area contributed by atoms with E-state index in [9.17, 15) is 14.4 Å². The van der Waals surface area contributed by atoms with Crippen LogP contribution in [0.5, 0.6) is 0 Å². The Kier molecular flexibility index (Phi) is 9.29. The van der Waals surface area contributed by atoms with Crippen LogP contribution in [0, 0.1) is 6.92 Å². The van der Waals surface area contributed by atoms with E-state index in [0.29, 0.717) is 11.4 Å². The monoisotopic (exact) mass is 545 g/mol. The molecular formula is C26H29Cl2N5O4. The number of carbonyl (C=O) groups is 3. The number of benzene rings is 2. The van der Waals surface area contributed by atoms with Crippen molar-refractivity contribution in [1.82, 2.24) is 19.9 Å². The molecule has 0 radical (unpaired) electrons. The molecule has 0 saturated carbocycles. The zero-order chi connectivity index (χ0) is 27.2. The molecule has 11 heteroatoms. The van der Waals surface area contributed by atoms with Crippen LogP contribution in [0.1, 0.15) is 31.9 Å². The molecule has 0 bridgehead atoms. The number of nitrogens with zero attached hydrogens (tertiary/aromatic N) is 4. The van der Waals surface area contributed by atoms with E-state index in [-0.39, 0.29) is 11.6 Å². The Hall–Kier alpha value is -3.43. The van der Waals surface area contributed by atoms with Crippen molar-refractivity contribution >= 4 is 46.7 Å². The number of aryl methyl sites for hydroxylation is 1. The molecule has 0 aliphatic carbocycles. The van der Waals surface area contributed by atoms with Gasteiger partial charge in [-0.15, -0.1) is 16.7 Å². The molecule has 3 aromatic rings. The van der Waals surface area contributed by atoms with Gasteiger partial charge in [-0.05, 0) is 51.0 Å². The maximum atomic E-state index is 13.2. The van der Waals surface area contributed by atoms with Crippen molar-refractivity contribution < 1.29 is 19.1 Å². The summed E-state index contributed by atoms with van der Waals surface area (Å²) in [5.41, 5.74) is 1.85. The highest BCUT2D eigenvalue weighted by Crippen LogP contribution is 2.23. The largest absolute Gasteiger partial charge is 0.458 e. The number of anilines is 1. The second-order valence-electron chi connectivity index (χ2n) is 9.45. The van der Waals surface area contributed by atoms with E-state index in [1.165, 1.54) is 10.9 Å². The first kappa shape index (κ1) is 28.1. The van der Waals surface area contributed by atoms with Crippen LogP contribution in [-0.2, 0) is 25.5 Å². The Morgan fingerprint density at radius 3 is 2.43 bits per heavy atom. The second kappa shape index (κ2) is 12.2. The average molecular weight is 546 g/mol. The van der Waals surface area contributed by atoms with E-state index >= 15 is 0 Å². The Morgan fingerprint density at radius 2 is 1.84 bits per heavy atom. The maximum Gasteiger partial charge on any atom is 0.329 e. The Balaban J connectivity index is 1.90. The molecule has 0 aliphatic heterocycles. The van der Waals surface area contributed by atoms with E-state index in [1.807, 2.05) is 43.3 Å². The van der Waals surface area contributed by atoms with Crippen LogP contribution >= 0.6 is 23.2 Å². The zero-order valence-electron chi connectivity index (χ0n) is 21.1. The zero-order valence-corrected chi connectivity index (χ0v) is 22.6. The number of rotatable bonds is 9. The maximum absolute atomic E-state index is 13.2. The first-order valence-corrected chi connectivity index (χ1v) is 12.5. The third-order valence-corrected chi connectivity index (χ3v) is 5.62. The number of ether oxygens (including phenoxy) is 1. The van der Waals surface area contributed by atoms with E-state index in [0.717, 1.165) is 16.0 Å². The molecule has 1 atom stereocenters. The quantitative estimate of drug-likeness (QED) is 0.319. The lowest BCUT2D eigenvalue weighted by Gasteiger charge is -2.32. The van der Waals surface area contributed by atoms with Crippen LogP contribution in [0.15, 0.2) is 54.7 Å². The van der Waals surface area contributed by atoms with Gasteiger partial charge in [-0.2, -0.15) is 0 Å². The molecule has 2 amide bonds. The molecule has 0 spiro atoms. The van der Waals surface area contributed by atoms with Gasteiger partial charge < -0.3 is 15.0 Å². The average Bonchev–Trinajstić information content (AvgIpc) is 3.26. The Bertz CT molecular complexity index is 1260. The summed E-state index contributed by atoms with van der Waals surface area (Å²) in [5, 5.41) is 10.7. The number of amides is 2. The highest BCUT2D eigenvalue weighted by molar-refractivity contribution is 6.29. The van der Waals surface area contributed by atoms with Crippen LogP contribution < -0.4 is 5.32 Å². The highest BCUT2D eigenvalue weighted by Gasteiger charge is 2.34. The van der Waals surface area contributed by atoms with Crippen LogP contribution in [0.3, 0.4) is 0 Å². The minimum absolute atomic E-state index is 0.152. The lowest BCUT2D eigenvalue weighted by atomic mass is 10.0. The van der Waals surface area contributed by atoms with Gasteiger partial charge in [-0.25, -0.2) is 9.48 Å². The number of esters is 1. The lowest BCUT2D eigenvalue weighted by Crippen LogP contribution is -2.51. The Labute approximate surface area is 225 Å². The topological polar surface area (TPSA) is 106 Å². The molecule has 2 aromatic carbocycles. The van der Waals surface area contributed by atoms with Gasteiger partial charge in [0.1, 0.15) is 24.1 Å². The van der Waals surface area contributed by atoms with Crippen LogP contribution in [0.4, 0.5) is 5.69 Å². The van der Waals surface area contributed by atoms with Gasteiger partial charge in [0.2, 0.25) is 11.8 Å².